The van der Waals surface area contributed by atoms with E-state index >= 15 is 0 Å². The molecule has 1 aliphatic rings. The Hall–Kier alpha value is -3.43. The largest absolute Gasteiger partial charge is 0.365 e. The SMILES string of the molecule is CCc1ccc(-c2c(-c3ccc(C#N)cc3)nc(NC[C@@H]3CCNC3)c(=O)n2C)cc1. The maximum Gasteiger partial charge on any atom is 0.293 e. The molecule has 0 aliphatic carbocycles. The van der Waals surface area contributed by atoms with Gasteiger partial charge in [0.1, 0.15) is 0 Å². The molecule has 6 heteroatoms. The molecule has 0 amide bonds. The normalized spacial score (nSPS) is 15.6. The van der Waals surface area contributed by atoms with E-state index in [1.54, 1.807) is 23.7 Å². The third-order valence-corrected chi connectivity index (χ3v) is 5.93. The third-order valence-electron chi connectivity index (χ3n) is 5.93. The second kappa shape index (κ2) is 9.15. The maximum absolute atomic E-state index is 13.2. The summed E-state index contributed by atoms with van der Waals surface area (Å²) >= 11 is 0. The van der Waals surface area contributed by atoms with E-state index in [1.807, 2.05) is 24.3 Å². The smallest absolute Gasteiger partial charge is 0.293 e. The minimum Gasteiger partial charge on any atom is -0.365 e. The average molecular weight is 414 g/mol. The number of anilines is 1. The van der Waals surface area contributed by atoms with Crippen LogP contribution in [-0.4, -0.2) is 29.2 Å². The highest BCUT2D eigenvalue weighted by Crippen LogP contribution is 2.30. The van der Waals surface area contributed by atoms with Crippen LogP contribution in [-0.2, 0) is 13.5 Å². The summed E-state index contributed by atoms with van der Waals surface area (Å²) in [5, 5.41) is 15.8. The first-order valence-corrected chi connectivity index (χ1v) is 10.8. The molecule has 6 nitrogen and oxygen atoms in total. The first-order valence-electron chi connectivity index (χ1n) is 10.8. The van der Waals surface area contributed by atoms with Gasteiger partial charge in [-0.2, -0.15) is 5.26 Å². The maximum atomic E-state index is 13.2. The van der Waals surface area contributed by atoms with Crippen LogP contribution >= 0.6 is 0 Å². The lowest BCUT2D eigenvalue weighted by molar-refractivity contribution is 0.613. The highest BCUT2D eigenvalue weighted by molar-refractivity contribution is 5.79. The van der Waals surface area contributed by atoms with E-state index in [2.05, 4.69) is 35.8 Å². The van der Waals surface area contributed by atoms with Gasteiger partial charge in [-0.1, -0.05) is 43.3 Å². The number of aryl methyl sites for hydroxylation is 1. The van der Waals surface area contributed by atoms with E-state index in [9.17, 15) is 4.79 Å². The van der Waals surface area contributed by atoms with Gasteiger partial charge in [0.2, 0.25) is 0 Å². The predicted molar refractivity (Wildman–Crippen MR) is 124 cm³/mol. The standard InChI is InChI=1S/C25H27N5O/c1-3-17-4-10-21(11-5-17)23-22(20-8-6-18(14-26)7-9-20)29-24(25(31)30(23)2)28-16-19-12-13-27-15-19/h4-11,19,27H,3,12-13,15-16H2,1-2H3,(H,28,29)/t19-/m1/s1. The molecule has 158 valence electrons. The zero-order valence-corrected chi connectivity index (χ0v) is 18.0. The number of rotatable bonds is 6. The van der Waals surface area contributed by atoms with Crippen molar-refractivity contribution in [1.29, 1.82) is 5.26 Å². The Morgan fingerprint density at radius 1 is 1.16 bits per heavy atom. The van der Waals surface area contributed by atoms with Gasteiger partial charge in [0.15, 0.2) is 5.82 Å². The molecule has 0 bridgehead atoms. The Morgan fingerprint density at radius 2 is 1.87 bits per heavy atom. The van der Waals surface area contributed by atoms with Crippen molar-refractivity contribution in [3.63, 3.8) is 0 Å². The van der Waals surface area contributed by atoms with Crippen LogP contribution in [0.5, 0.6) is 0 Å². The Labute approximate surface area is 182 Å². The van der Waals surface area contributed by atoms with E-state index in [0.29, 0.717) is 23.8 Å². The van der Waals surface area contributed by atoms with Crippen molar-refractivity contribution >= 4 is 5.82 Å². The number of aromatic nitrogens is 2. The highest BCUT2D eigenvalue weighted by atomic mass is 16.1. The molecule has 31 heavy (non-hydrogen) atoms. The summed E-state index contributed by atoms with van der Waals surface area (Å²) in [6, 6.07) is 17.7. The van der Waals surface area contributed by atoms with Crippen LogP contribution < -0.4 is 16.2 Å². The Kier molecular flexibility index (Phi) is 6.15. The fourth-order valence-corrected chi connectivity index (χ4v) is 4.01. The number of hydrogen-bond donors (Lipinski definition) is 2. The molecule has 0 saturated carbocycles. The molecule has 0 radical (unpaired) electrons. The van der Waals surface area contributed by atoms with Crippen molar-refractivity contribution in [2.75, 3.05) is 25.0 Å². The van der Waals surface area contributed by atoms with Crippen molar-refractivity contribution in [3.05, 3.63) is 70.0 Å². The van der Waals surface area contributed by atoms with E-state index in [-0.39, 0.29) is 5.56 Å². The molecule has 0 spiro atoms. The van der Waals surface area contributed by atoms with Crippen LogP contribution in [0.2, 0.25) is 0 Å². The van der Waals surface area contributed by atoms with Gasteiger partial charge in [-0.15, -0.1) is 0 Å². The van der Waals surface area contributed by atoms with E-state index in [0.717, 1.165) is 48.4 Å². The molecule has 1 saturated heterocycles. The van der Waals surface area contributed by atoms with Gasteiger partial charge in [0.25, 0.3) is 5.56 Å². The van der Waals surface area contributed by atoms with Gasteiger partial charge in [-0.3, -0.25) is 4.79 Å². The molecular weight excluding hydrogens is 386 g/mol. The lowest BCUT2D eigenvalue weighted by Gasteiger charge is -2.18. The van der Waals surface area contributed by atoms with E-state index < -0.39 is 0 Å². The lowest BCUT2D eigenvalue weighted by Crippen LogP contribution is -2.27. The van der Waals surface area contributed by atoms with Gasteiger partial charge in [0.05, 0.1) is 23.0 Å². The molecule has 2 heterocycles. The molecule has 1 atom stereocenters. The predicted octanol–water partition coefficient (Wildman–Crippen LogP) is 3.57. The molecule has 0 unspecified atom stereocenters. The third kappa shape index (κ3) is 4.37. The van der Waals surface area contributed by atoms with Crippen LogP contribution in [0.3, 0.4) is 0 Å². The van der Waals surface area contributed by atoms with Crippen LogP contribution in [0.25, 0.3) is 22.5 Å². The van der Waals surface area contributed by atoms with E-state index in [1.165, 1.54) is 5.56 Å². The summed E-state index contributed by atoms with van der Waals surface area (Å²) in [5.74, 6) is 0.855. The molecule has 1 fully saturated rings. The summed E-state index contributed by atoms with van der Waals surface area (Å²) in [5.41, 5.74) is 5.00. The van der Waals surface area contributed by atoms with E-state index in [4.69, 9.17) is 10.2 Å². The highest BCUT2D eigenvalue weighted by Gasteiger charge is 2.20. The van der Waals surface area contributed by atoms with Gasteiger partial charge in [0, 0.05) is 24.7 Å². The minimum atomic E-state index is -0.141. The number of nitriles is 1. The molecule has 2 N–H and O–H groups in total. The molecule has 4 rings (SSSR count). The first kappa shape index (κ1) is 20.8. The van der Waals surface area contributed by atoms with Gasteiger partial charge >= 0.3 is 0 Å². The van der Waals surface area contributed by atoms with Crippen LogP contribution in [0.15, 0.2) is 53.3 Å². The van der Waals surface area contributed by atoms with Crippen molar-refractivity contribution in [2.24, 2.45) is 13.0 Å². The van der Waals surface area contributed by atoms with Crippen molar-refractivity contribution in [1.82, 2.24) is 14.9 Å². The monoisotopic (exact) mass is 413 g/mol. The van der Waals surface area contributed by atoms with Crippen molar-refractivity contribution < 1.29 is 0 Å². The minimum absolute atomic E-state index is 0.141. The zero-order valence-electron chi connectivity index (χ0n) is 18.0. The summed E-state index contributed by atoms with van der Waals surface area (Å²) < 4.78 is 1.68. The number of nitrogens with zero attached hydrogens (tertiary/aromatic N) is 3. The number of nitrogens with one attached hydrogen (secondary N) is 2. The molecule has 1 aromatic heterocycles. The van der Waals surface area contributed by atoms with Gasteiger partial charge < -0.3 is 15.2 Å². The molecule has 1 aliphatic heterocycles. The van der Waals surface area contributed by atoms with Crippen LogP contribution in [0.4, 0.5) is 5.82 Å². The fourth-order valence-electron chi connectivity index (χ4n) is 4.01. The summed E-state index contributed by atoms with van der Waals surface area (Å²) in [7, 11) is 1.79. The van der Waals surface area contributed by atoms with Crippen molar-refractivity contribution in [3.8, 4) is 28.6 Å². The topological polar surface area (TPSA) is 82.7 Å². The van der Waals surface area contributed by atoms with Gasteiger partial charge in [-0.05, 0) is 49.5 Å². The van der Waals surface area contributed by atoms with Crippen LogP contribution in [0.1, 0.15) is 24.5 Å². The zero-order chi connectivity index (χ0) is 21.8. The number of hydrogen-bond acceptors (Lipinski definition) is 5. The second-order valence-electron chi connectivity index (χ2n) is 8.00. The number of benzene rings is 2. The second-order valence-corrected chi connectivity index (χ2v) is 8.00. The Bertz CT molecular complexity index is 1150. The quantitative estimate of drug-likeness (QED) is 0.646. The summed E-state index contributed by atoms with van der Waals surface area (Å²) in [6.45, 7) is 4.81. The fraction of sp³-hybridized carbons (Fsp3) is 0.320. The molecular formula is C25H27N5O. The Balaban J connectivity index is 1.82. The molecule has 3 aromatic rings. The molecule has 2 aromatic carbocycles. The first-order chi connectivity index (χ1) is 15.1. The van der Waals surface area contributed by atoms with Crippen LogP contribution in [0, 0.1) is 17.2 Å². The summed E-state index contributed by atoms with van der Waals surface area (Å²) in [4.78, 5) is 17.9. The average Bonchev–Trinajstić information content (AvgIpc) is 3.34. The summed E-state index contributed by atoms with van der Waals surface area (Å²) in [6.07, 6.45) is 2.05. The van der Waals surface area contributed by atoms with Gasteiger partial charge in [-0.25, -0.2) is 4.98 Å². The lowest BCUT2D eigenvalue weighted by atomic mass is 10.0. The van der Waals surface area contributed by atoms with Crippen molar-refractivity contribution in [2.45, 2.75) is 19.8 Å². The Morgan fingerprint density at radius 3 is 2.48 bits per heavy atom.